The minimum absolute atomic E-state index is 0.240. The molecule has 1 N–H and O–H groups in total. The lowest BCUT2D eigenvalue weighted by Crippen LogP contribution is -2.36. The maximum atomic E-state index is 5.36. The van der Waals surface area contributed by atoms with Gasteiger partial charge in [-0.1, -0.05) is 5.92 Å². The molecule has 0 atom stereocenters. The highest BCUT2D eigenvalue weighted by Crippen LogP contribution is 2.12. The van der Waals surface area contributed by atoms with E-state index in [1.165, 1.54) is 4.88 Å². The molecule has 0 aliphatic rings. The van der Waals surface area contributed by atoms with Crippen LogP contribution >= 0.6 is 11.3 Å². The molecule has 2 nitrogen and oxygen atoms in total. The van der Waals surface area contributed by atoms with Crippen molar-refractivity contribution in [3.05, 3.63) is 16.1 Å². The molecule has 0 unspecified atom stereocenters. The number of terminal acetylenes is 1. The van der Waals surface area contributed by atoms with Crippen molar-refractivity contribution >= 4 is 11.3 Å². The van der Waals surface area contributed by atoms with Crippen molar-refractivity contribution in [2.24, 2.45) is 0 Å². The van der Waals surface area contributed by atoms with Gasteiger partial charge in [0.15, 0.2) is 0 Å². The Kier molecular flexibility index (Phi) is 3.07. The van der Waals surface area contributed by atoms with Crippen molar-refractivity contribution in [2.75, 3.05) is 0 Å². The van der Waals surface area contributed by atoms with Gasteiger partial charge >= 0.3 is 0 Å². The molecular formula is C10H14N2S. The van der Waals surface area contributed by atoms with Crippen LogP contribution in [0.5, 0.6) is 0 Å². The monoisotopic (exact) mass is 194 g/mol. The second-order valence-electron chi connectivity index (χ2n) is 3.48. The van der Waals surface area contributed by atoms with Crippen LogP contribution in [0.4, 0.5) is 0 Å². The Hall–Kier alpha value is -0.850. The molecular weight excluding hydrogens is 180 g/mol. The van der Waals surface area contributed by atoms with Crippen LogP contribution in [0.2, 0.25) is 0 Å². The number of aromatic nitrogens is 1. The fraction of sp³-hybridized carbons (Fsp3) is 0.500. The van der Waals surface area contributed by atoms with Gasteiger partial charge in [-0.25, -0.2) is 4.98 Å². The number of aryl methyl sites for hydroxylation is 1. The van der Waals surface area contributed by atoms with Crippen LogP contribution < -0.4 is 5.32 Å². The Morgan fingerprint density at radius 3 is 2.85 bits per heavy atom. The average Bonchev–Trinajstić information content (AvgIpc) is 2.48. The summed E-state index contributed by atoms with van der Waals surface area (Å²) >= 11 is 1.66. The van der Waals surface area contributed by atoms with Crippen molar-refractivity contribution in [3.63, 3.8) is 0 Å². The molecule has 70 valence electrons. The first kappa shape index (κ1) is 10.2. The summed E-state index contributed by atoms with van der Waals surface area (Å²) in [5, 5.41) is 3.29. The smallest absolute Gasteiger partial charge is 0.0798 e. The van der Waals surface area contributed by atoms with Gasteiger partial charge in [-0.2, -0.15) is 0 Å². The molecule has 0 aromatic carbocycles. The summed E-state index contributed by atoms with van der Waals surface area (Å²) in [5.74, 6) is 2.70. The lowest BCUT2D eigenvalue weighted by molar-refractivity contribution is 0.493. The van der Waals surface area contributed by atoms with Gasteiger partial charge in [0.1, 0.15) is 0 Å². The van der Waals surface area contributed by atoms with Crippen molar-refractivity contribution < 1.29 is 0 Å². The van der Waals surface area contributed by atoms with E-state index in [2.05, 4.69) is 16.2 Å². The maximum Gasteiger partial charge on any atom is 0.0798 e. The predicted molar refractivity (Wildman–Crippen MR) is 56.6 cm³/mol. The normalized spacial score (nSPS) is 11.2. The standard InChI is InChI=1S/C10H14N2S/c1-5-10(3,4)12-6-9-8(2)11-7-13-9/h1,7,12H,6H2,2-4H3. The van der Waals surface area contributed by atoms with Crippen LogP contribution in [0.3, 0.4) is 0 Å². The fourth-order valence-corrected chi connectivity index (χ4v) is 1.56. The van der Waals surface area contributed by atoms with E-state index in [4.69, 9.17) is 6.42 Å². The number of nitrogens with one attached hydrogen (secondary N) is 1. The van der Waals surface area contributed by atoms with Crippen molar-refractivity contribution in [2.45, 2.75) is 32.9 Å². The van der Waals surface area contributed by atoms with Gasteiger partial charge in [-0.05, 0) is 20.8 Å². The Morgan fingerprint density at radius 1 is 1.69 bits per heavy atom. The van der Waals surface area contributed by atoms with Crippen LogP contribution in [0, 0.1) is 19.3 Å². The Labute approximate surface area is 83.4 Å². The second kappa shape index (κ2) is 3.91. The third kappa shape index (κ3) is 2.83. The molecule has 0 bridgehead atoms. The van der Waals surface area contributed by atoms with Crippen LogP contribution in [-0.2, 0) is 6.54 Å². The summed E-state index contributed by atoms with van der Waals surface area (Å²) < 4.78 is 0. The van der Waals surface area contributed by atoms with Crippen LogP contribution in [-0.4, -0.2) is 10.5 Å². The summed E-state index contributed by atoms with van der Waals surface area (Å²) in [6.07, 6.45) is 5.36. The molecule has 0 fully saturated rings. The van der Waals surface area contributed by atoms with Gasteiger partial charge in [0.2, 0.25) is 0 Å². The summed E-state index contributed by atoms with van der Waals surface area (Å²) in [4.78, 5) is 5.42. The van der Waals surface area contributed by atoms with Crippen LogP contribution in [0.15, 0.2) is 5.51 Å². The fourth-order valence-electron chi connectivity index (χ4n) is 0.848. The summed E-state index contributed by atoms with van der Waals surface area (Å²) in [6.45, 7) is 6.79. The molecule has 0 aliphatic carbocycles. The lowest BCUT2D eigenvalue weighted by atomic mass is 10.1. The Morgan fingerprint density at radius 2 is 2.38 bits per heavy atom. The van der Waals surface area contributed by atoms with Gasteiger partial charge < -0.3 is 0 Å². The number of nitrogens with zero attached hydrogens (tertiary/aromatic N) is 1. The first-order valence-corrected chi connectivity index (χ1v) is 5.05. The molecule has 1 heterocycles. The van der Waals surface area contributed by atoms with E-state index in [1.807, 2.05) is 26.3 Å². The number of thiazole rings is 1. The minimum atomic E-state index is -0.240. The van der Waals surface area contributed by atoms with Crippen molar-refractivity contribution in [1.82, 2.24) is 10.3 Å². The van der Waals surface area contributed by atoms with Crippen LogP contribution in [0.1, 0.15) is 24.4 Å². The summed E-state index contributed by atoms with van der Waals surface area (Å²) in [6, 6.07) is 0. The largest absolute Gasteiger partial charge is 0.297 e. The number of hydrogen-bond donors (Lipinski definition) is 1. The van der Waals surface area contributed by atoms with E-state index in [1.54, 1.807) is 11.3 Å². The third-order valence-electron chi connectivity index (χ3n) is 1.90. The van der Waals surface area contributed by atoms with Gasteiger partial charge in [0.25, 0.3) is 0 Å². The Bertz CT molecular complexity index is 320. The second-order valence-corrected chi connectivity index (χ2v) is 4.42. The minimum Gasteiger partial charge on any atom is -0.297 e. The quantitative estimate of drug-likeness (QED) is 0.744. The third-order valence-corrected chi connectivity index (χ3v) is 2.83. The van der Waals surface area contributed by atoms with Gasteiger partial charge in [-0.15, -0.1) is 17.8 Å². The zero-order chi connectivity index (χ0) is 9.90. The van der Waals surface area contributed by atoms with Gasteiger partial charge in [-0.3, -0.25) is 5.32 Å². The molecule has 0 radical (unpaired) electrons. The highest BCUT2D eigenvalue weighted by atomic mass is 32.1. The number of rotatable bonds is 3. The van der Waals surface area contributed by atoms with Crippen molar-refractivity contribution in [3.8, 4) is 12.3 Å². The molecule has 3 heteroatoms. The van der Waals surface area contributed by atoms with Gasteiger partial charge in [0, 0.05) is 11.4 Å². The van der Waals surface area contributed by atoms with E-state index >= 15 is 0 Å². The predicted octanol–water partition coefficient (Wildman–Crippen LogP) is 1.95. The van der Waals surface area contributed by atoms with Gasteiger partial charge in [0.05, 0.1) is 16.7 Å². The first-order valence-electron chi connectivity index (χ1n) is 4.17. The molecule has 0 saturated carbocycles. The molecule has 0 saturated heterocycles. The molecule has 0 spiro atoms. The highest BCUT2D eigenvalue weighted by Gasteiger charge is 2.13. The lowest BCUT2D eigenvalue weighted by Gasteiger charge is -2.18. The molecule has 0 amide bonds. The average molecular weight is 194 g/mol. The Balaban J connectivity index is 2.54. The molecule has 0 aliphatic heterocycles. The summed E-state index contributed by atoms with van der Waals surface area (Å²) in [5.41, 5.74) is 2.70. The molecule has 1 rings (SSSR count). The number of hydrogen-bond acceptors (Lipinski definition) is 3. The van der Waals surface area contributed by atoms with E-state index in [0.29, 0.717) is 0 Å². The van der Waals surface area contributed by atoms with E-state index in [0.717, 1.165) is 12.2 Å². The van der Waals surface area contributed by atoms with E-state index < -0.39 is 0 Å². The van der Waals surface area contributed by atoms with Crippen LogP contribution in [0.25, 0.3) is 0 Å². The van der Waals surface area contributed by atoms with E-state index in [9.17, 15) is 0 Å². The summed E-state index contributed by atoms with van der Waals surface area (Å²) in [7, 11) is 0. The maximum absolute atomic E-state index is 5.36. The first-order chi connectivity index (χ1) is 6.05. The highest BCUT2D eigenvalue weighted by molar-refractivity contribution is 7.09. The SMILES string of the molecule is C#CC(C)(C)NCc1scnc1C. The topological polar surface area (TPSA) is 24.9 Å². The zero-order valence-corrected chi connectivity index (χ0v) is 9.03. The van der Waals surface area contributed by atoms with E-state index in [-0.39, 0.29) is 5.54 Å². The van der Waals surface area contributed by atoms with Crippen molar-refractivity contribution in [1.29, 1.82) is 0 Å². The zero-order valence-electron chi connectivity index (χ0n) is 8.22. The molecule has 1 aromatic rings. The molecule has 13 heavy (non-hydrogen) atoms. The molecule has 1 aromatic heterocycles.